The fourth-order valence-electron chi connectivity index (χ4n) is 9.72. The summed E-state index contributed by atoms with van der Waals surface area (Å²) in [5, 5.41) is 2.48. The van der Waals surface area contributed by atoms with Gasteiger partial charge in [0.05, 0.1) is 17.1 Å². The first-order valence-corrected chi connectivity index (χ1v) is 22.6. The second-order valence-corrected chi connectivity index (χ2v) is 17.0. The van der Waals surface area contributed by atoms with E-state index in [2.05, 4.69) is 271 Å². The molecular weight excluding hydrogens is 787 g/mol. The Morgan fingerprint density at radius 2 is 0.938 bits per heavy atom. The predicted octanol–water partition coefficient (Wildman–Crippen LogP) is 16.9. The van der Waals surface area contributed by atoms with E-state index >= 15 is 0 Å². The summed E-state index contributed by atoms with van der Waals surface area (Å²) in [6.45, 7) is 4.48. The van der Waals surface area contributed by atoms with E-state index in [9.17, 15) is 0 Å². The largest absolute Gasteiger partial charge is 0.334 e. The Balaban J connectivity index is 1.12. The molecule has 1 unspecified atom stereocenters. The first-order valence-electron chi connectivity index (χ1n) is 22.6. The van der Waals surface area contributed by atoms with Gasteiger partial charge in [-0.15, -0.1) is 0 Å². The minimum atomic E-state index is 0.201. The van der Waals surface area contributed by atoms with Gasteiger partial charge in [0.25, 0.3) is 0 Å². The Hall–Kier alpha value is -8.14. The number of rotatable bonds is 10. The van der Waals surface area contributed by atoms with Crippen LogP contribution in [-0.2, 0) is 0 Å². The molecule has 65 heavy (non-hydrogen) atoms. The maximum absolute atomic E-state index is 2.49. The zero-order valence-corrected chi connectivity index (χ0v) is 36.7. The number of aromatic nitrogens is 1. The molecule has 1 aromatic heterocycles. The number of fused-ring (bicyclic) bond motifs is 3. The monoisotopic (exact) mass is 835 g/mol. The Labute approximate surface area is 382 Å². The zero-order chi connectivity index (χ0) is 43.7. The van der Waals surface area contributed by atoms with Gasteiger partial charge in [-0.3, -0.25) is 0 Å². The van der Waals surface area contributed by atoms with Crippen LogP contribution in [0.25, 0.3) is 60.9 Å². The van der Waals surface area contributed by atoms with Crippen LogP contribution in [0.15, 0.2) is 243 Å². The SMILES string of the molecule is Cc1ccc(N(c2ccccc2)c2ccccc2)cc1-c1cc(-c2ccc3c(c2)c2ccccc2n3-c2ccccc2)cc(-c2cc(N(c3ccccc3)C3C=CC=CC3)ccc2C)c1. The zero-order valence-electron chi connectivity index (χ0n) is 36.7. The highest BCUT2D eigenvalue weighted by Crippen LogP contribution is 2.43. The molecule has 0 aliphatic heterocycles. The molecule has 0 fully saturated rings. The van der Waals surface area contributed by atoms with Crippen molar-refractivity contribution in [3.05, 3.63) is 254 Å². The molecule has 0 N–H and O–H groups in total. The summed E-state index contributed by atoms with van der Waals surface area (Å²) in [6.07, 6.45) is 9.86. The van der Waals surface area contributed by atoms with E-state index < -0.39 is 0 Å². The molecule has 1 aliphatic rings. The minimum Gasteiger partial charge on any atom is -0.334 e. The first kappa shape index (κ1) is 39.7. The smallest absolute Gasteiger partial charge is 0.0559 e. The lowest BCUT2D eigenvalue weighted by Crippen LogP contribution is -2.29. The molecule has 1 heterocycles. The Morgan fingerprint density at radius 1 is 0.400 bits per heavy atom. The van der Waals surface area contributed by atoms with E-state index in [1.165, 1.54) is 77.7 Å². The summed E-state index contributed by atoms with van der Waals surface area (Å²) >= 11 is 0. The molecule has 10 aromatic rings. The normalized spacial score (nSPS) is 13.4. The molecule has 1 aliphatic carbocycles. The summed E-state index contributed by atoms with van der Waals surface area (Å²) in [4.78, 5) is 4.84. The second-order valence-electron chi connectivity index (χ2n) is 17.0. The first-order chi connectivity index (χ1) is 32.1. The van der Waals surface area contributed by atoms with Gasteiger partial charge in [0.2, 0.25) is 0 Å². The van der Waals surface area contributed by atoms with Crippen LogP contribution in [0.1, 0.15) is 17.5 Å². The van der Waals surface area contributed by atoms with Gasteiger partial charge in [0.1, 0.15) is 0 Å². The fraction of sp³-hybridized carbons (Fsp3) is 0.0645. The maximum atomic E-state index is 2.49. The van der Waals surface area contributed by atoms with Crippen LogP contribution in [0, 0.1) is 13.8 Å². The molecule has 0 saturated heterocycles. The number of aryl methyl sites for hydroxylation is 2. The topological polar surface area (TPSA) is 11.4 Å². The van der Waals surface area contributed by atoms with Gasteiger partial charge in [0, 0.05) is 44.9 Å². The number of nitrogens with zero attached hydrogens (tertiary/aromatic N) is 3. The van der Waals surface area contributed by atoms with Crippen LogP contribution in [0.4, 0.5) is 28.4 Å². The lowest BCUT2D eigenvalue weighted by atomic mass is 9.89. The third-order valence-electron chi connectivity index (χ3n) is 12.9. The summed E-state index contributed by atoms with van der Waals surface area (Å²) in [5.74, 6) is 0. The summed E-state index contributed by atoms with van der Waals surface area (Å²) < 4.78 is 2.39. The molecule has 11 rings (SSSR count). The highest BCUT2D eigenvalue weighted by Gasteiger charge is 2.22. The lowest BCUT2D eigenvalue weighted by molar-refractivity contribution is 0.785. The van der Waals surface area contributed by atoms with E-state index in [0.717, 1.165) is 29.2 Å². The van der Waals surface area contributed by atoms with Crippen molar-refractivity contribution < 1.29 is 0 Å². The number of allylic oxidation sites excluding steroid dienone is 2. The van der Waals surface area contributed by atoms with E-state index in [1.807, 2.05) is 0 Å². The summed E-state index contributed by atoms with van der Waals surface area (Å²) in [6, 6.07) is 80.0. The van der Waals surface area contributed by atoms with Crippen LogP contribution >= 0.6 is 0 Å². The molecule has 312 valence electrons. The molecule has 3 heteroatoms. The molecule has 9 aromatic carbocycles. The minimum absolute atomic E-state index is 0.201. The number of hydrogen-bond acceptors (Lipinski definition) is 2. The molecule has 0 amide bonds. The van der Waals surface area contributed by atoms with Gasteiger partial charge in [-0.1, -0.05) is 133 Å². The van der Waals surface area contributed by atoms with Crippen LogP contribution < -0.4 is 9.80 Å². The Kier molecular flexibility index (Phi) is 10.5. The number of anilines is 5. The molecular formula is C62H49N3. The Morgan fingerprint density at radius 3 is 1.57 bits per heavy atom. The van der Waals surface area contributed by atoms with Crippen molar-refractivity contribution in [2.45, 2.75) is 26.3 Å². The standard InChI is InChI=1S/C62H49N3/c1-44-32-35-55(63(50-20-8-3-9-21-50)51-22-10-4-11-23-51)42-58(44)48-38-47(46-34-37-62-60(41-46)57-30-18-19-31-61(57)65(62)54-28-16-7-17-29-54)39-49(40-48)59-43-56(36-33-45(59)2)64(52-24-12-5-13-25-52)53-26-14-6-15-27-53/h3-26,28-43,53H,27H2,1-2H3. The van der Waals surface area contributed by atoms with Gasteiger partial charge in [0.15, 0.2) is 0 Å². The van der Waals surface area contributed by atoms with E-state index in [-0.39, 0.29) is 6.04 Å². The number of para-hydroxylation sites is 5. The maximum Gasteiger partial charge on any atom is 0.0559 e. The van der Waals surface area contributed by atoms with Crippen molar-refractivity contribution in [1.82, 2.24) is 4.57 Å². The highest BCUT2D eigenvalue weighted by atomic mass is 15.2. The van der Waals surface area contributed by atoms with E-state index in [1.54, 1.807) is 0 Å². The van der Waals surface area contributed by atoms with Gasteiger partial charge in [-0.05, 0) is 174 Å². The molecule has 0 bridgehead atoms. The third-order valence-corrected chi connectivity index (χ3v) is 12.9. The van der Waals surface area contributed by atoms with E-state index in [0.29, 0.717) is 0 Å². The Bertz CT molecular complexity index is 3330. The average Bonchev–Trinajstić information content (AvgIpc) is 3.70. The average molecular weight is 836 g/mol. The molecule has 0 saturated carbocycles. The molecule has 1 atom stereocenters. The third kappa shape index (κ3) is 7.62. The highest BCUT2D eigenvalue weighted by molar-refractivity contribution is 6.10. The second kappa shape index (κ2) is 17.2. The van der Waals surface area contributed by atoms with Gasteiger partial charge in [-0.2, -0.15) is 0 Å². The summed E-state index contributed by atoms with van der Waals surface area (Å²) in [7, 11) is 0. The van der Waals surface area contributed by atoms with Crippen LogP contribution in [0.2, 0.25) is 0 Å². The van der Waals surface area contributed by atoms with Gasteiger partial charge < -0.3 is 14.4 Å². The summed E-state index contributed by atoms with van der Waals surface area (Å²) in [5.41, 5.74) is 18.8. The lowest BCUT2D eigenvalue weighted by Gasteiger charge is -2.33. The molecule has 0 spiro atoms. The fourth-order valence-corrected chi connectivity index (χ4v) is 9.72. The van der Waals surface area contributed by atoms with Crippen molar-refractivity contribution in [2.24, 2.45) is 0 Å². The van der Waals surface area contributed by atoms with Crippen LogP contribution in [-0.4, -0.2) is 10.6 Å². The number of benzene rings is 9. The van der Waals surface area contributed by atoms with Crippen LogP contribution in [0.5, 0.6) is 0 Å². The van der Waals surface area contributed by atoms with Crippen molar-refractivity contribution in [1.29, 1.82) is 0 Å². The van der Waals surface area contributed by atoms with Crippen molar-refractivity contribution in [2.75, 3.05) is 9.80 Å². The number of hydrogen-bond donors (Lipinski definition) is 0. The predicted molar refractivity (Wildman–Crippen MR) is 277 cm³/mol. The molecule has 0 radical (unpaired) electrons. The quantitative estimate of drug-likeness (QED) is 0.136. The molecule has 3 nitrogen and oxygen atoms in total. The van der Waals surface area contributed by atoms with Gasteiger partial charge in [-0.25, -0.2) is 0 Å². The van der Waals surface area contributed by atoms with Crippen molar-refractivity contribution in [3.63, 3.8) is 0 Å². The van der Waals surface area contributed by atoms with Crippen molar-refractivity contribution in [3.8, 4) is 39.1 Å². The van der Waals surface area contributed by atoms with Gasteiger partial charge >= 0.3 is 0 Å². The van der Waals surface area contributed by atoms with Crippen LogP contribution in [0.3, 0.4) is 0 Å². The van der Waals surface area contributed by atoms with Crippen molar-refractivity contribution >= 4 is 50.2 Å². The van der Waals surface area contributed by atoms with E-state index in [4.69, 9.17) is 0 Å².